The van der Waals surface area contributed by atoms with Crippen LogP contribution in [0.4, 0.5) is 11.4 Å². The van der Waals surface area contributed by atoms with Crippen LogP contribution in [0.25, 0.3) is 0 Å². The van der Waals surface area contributed by atoms with Gasteiger partial charge in [-0.05, 0) is 55.7 Å². The van der Waals surface area contributed by atoms with Gasteiger partial charge in [-0.25, -0.2) is 8.42 Å². The van der Waals surface area contributed by atoms with Crippen molar-refractivity contribution in [2.24, 2.45) is 0 Å². The van der Waals surface area contributed by atoms with Crippen LogP contribution in [-0.4, -0.2) is 55.8 Å². The van der Waals surface area contributed by atoms with Crippen LogP contribution in [0.5, 0.6) is 5.75 Å². The van der Waals surface area contributed by atoms with Gasteiger partial charge in [-0.2, -0.15) is 0 Å². The molecule has 2 amide bonds. The number of nitrogens with one attached hydrogen (secondary N) is 1. The number of anilines is 1. The molecule has 0 radical (unpaired) electrons. The molecule has 1 saturated carbocycles. The highest BCUT2D eigenvalue weighted by molar-refractivity contribution is 7.92. The summed E-state index contributed by atoms with van der Waals surface area (Å²) < 4.78 is 33.9. The summed E-state index contributed by atoms with van der Waals surface area (Å²) in [5, 5.41) is 14.6. The van der Waals surface area contributed by atoms with Gasteiger partial charge in [0.1, 0.15) is 18.3 Å². The molecule has 3 aromatic rings. The lowest BCUT2D eigenvalue weighted by Crippen LogP contribution is -2.53. The molecule has 43 heavy (non-hydrogen) atoms. The van der Waals surface area contributed by atoms with Crippen LogP contribution < -0.4 is 14.4 Å². The number of benzene rings is 3. The van der Waals surface area contributed by atoms with Crippen molar-refractivity contribution >= 4 is 33.2 Å². The SMILES string of the molecule is COc1cccc(CN(C(=O)CN(c2cccc([N+](=O)[O-])c2)S(=O)(=O)c2ccccc2)C(C)C(=O)NC2CCCCC2)c1. The lowest BCUT2D eigenvalue weighted by molar-refractivity contribution is -0.384. The molecule has 228 valence electrons. The highest BCUT2D eigenvalue weighted by Crippen LogP contribution is 2.28. The summed E-state index contributed by atoms with van der Waals surface area (Å²) in [6, 6.07) is 18.8. The number of ether oxygens (including phenoxy) is 1. The fraction of sp³-hybridized carbons (Fsp3) is 0.355. The Labute approximate surface area is 251 Å². The molecule has 12 heteroatoms. The number of hydrogen-bond donors (Lipinski definition) is 1. The topological polar surface area (TPSA) is 139 Å². The Morgan fingerprint density at radius 3 is 2.37 bits per heavy atom. The standard InChI is InChI=1S/C31H36N4O7S/c1-23(31(37)32-25-12-5-3-6-13-25)33(21-24-11-9-16-28(19-24)42-2)30(36)22-34(26-14-10-15-27(20-26)35(38)39)43(40,41)29-17-7-4-8-18-29/h4,7-11,14-20,23,25H,3,5-6,12-13,21-22H2,1-2H3,(H,32,37). The summed E-state index contributed by atoms with van der Waals surface area (Å²) in [4.78, 5) is 39.7. The van der Waals surface area contributed by atoms with E-state index in [1.54, 1.807) is 49.4 Å². The van der Waals surface area contributed by atoms with Crippen molar-refractivity contribution in [2.75, 3.05) is 18.0 Å². The minimum Gasteiger partial charge on any atom is -0.497 e. The van der Waals surface area contributed by atoms with Gasteiger partial charge in [0.25, 0.3) is 15.7 Å². The van der Waals surface area contributed by atoms with Crippen LogP contribution in [0.15, 0.2) is 83.8 Å². The van der Waals surface area contributed by atoms with Crippen molar-refractivity contribution in [1.29, 1.82) is 0 Å². The smallest absolute Gasteiger partial charge is 0.271 e. The number of carbonyl (C=O) groups is 2. The zero-order chi connectivity index (χ0) is 31.0. The normalized spacial score (nSPS) is 14.4. The third-order valence-corrected chi connectivity index (χ3v) is 9.33. The fourth-order valence-electron chi connectivity index (χ4n) is 5.13. The Balaban J connectivity index is 1.71. The van der Waals surface area contributed by atoms with E-state index in [0.29, 0.717) is 11.3 Å². The second-order valence-corrected chi connectivity index (χ2v) is 12.4. The molecule has 4 rings (SSSR count). The number of methoxy groups -OCH3 is 1. The van der Waals surface area contributed by atoms with E-state index in [4.69, 9.17) is 4.74 Å². The molecule has 1 fully saturated rings. The van der Waals surface area contributed by atoms with Gasteiger partial charge in [0.05, 0.1) is 22.6 Å². The number of rotatable bonds is 12. The summed E-state index contributed by atoms with van der Waals surface area (Å²) in [6.45, 7) is 0.923. The van der Waals surface area contributed by atoms with E-state index < -0.39 is 33.4 Å². The van der Waals surface area contributed by atoms with E-state index in [-0.39, 0.29) is 34.8 Å². The first-order chi connectivity index (χ1) is 20.6. The van der Waals surface area contributed by atoms with Crippen LogP contribution in [0.2, 0.25) is 0 Å². The number of hydrogen-bond acceptors (Lipinski definition) is 7. The number of nitro groups is 1. The van der Waals surface area contributed by atoms with E-state index in [1.807, 2.05) is 0 Å². The first-order valence-corrected chi connectivity index (χ1v) is 15.6. The highest BCUT2D eigenvalue weighted by atomic mass is 32.2. The predicted octanol–water partition coefficient (Wildman–Crippen LogP) is 4.66. The molecule has 11 nitrogen and oxygen atoms in total. The Kier molecular flexibility index (Phi) is 10.4. The molecular formula is C31H36N4O7S. The average Bonchev–Trinajstić information content (AvgIpc) is 3.03. The fourth-order valence-corrected chi connectivity index (χ4v) is 6.56. The minimum absolute atomic E-state index is 0.00342. The van der Waals surface area contributed by atoms with Crippen molar-refractivity contribution in [2.45, 2.75) is 62.6 Å². The van der Waals surface area contributed by atoms with Gasteiger partial charge in [0.2, 0.25) is 11.8 Å². The summed E-state index contributed by atoms with van der Waals surface area (Å²) in [5.74, 6) is -0.426. The summed E-state index contributed by atoms with van der Waals surface area (Å²) in [6.07, 6.45) is 4.87. The molecular weight excluding hydrogens is 572 g/mol. The van der Waals surface area contributed by atoms with Crippen LogP contribution >= 0.6 is 0 Å². The van der Waals surface area contributed by atoms with Gasteiger partial charge in [-0.15, -0.1) is 0 Å². The molecule has 3 aromatic carbocycles. The third-order valence-electron chi connectivity index (χ3n) is 7.54. The number of nitrogens with zero attached hydrogens (tertiary/aromatic N) is 3. The van der Waals surface area contributed by atoms with E-state index in [2.05, 4.69) is 5.32 Å². The lowest BCUT2D eigenvalue weighted by Gasteiger charge is -2.33. The Hall–Kier alpha value is -4.45. The Morgan fingerprint density at radius 1 is 1.00 bits per heavy atom. The maximum Gasteiger partial charge on any atom is 0.271 e. The zero-order valence-corrected chi connectivity index (χ0v) is 25.0. The number of carbonyl (C=O) groups excluding carboxylic acids is 2. The molecule has 0 spiro atoms. The molecule has 0 heterocycles. The van der Waals surface area contributed by atoms with Gasteiger partial charge in [0, 0.05) is 24.7 Å². The molecule has 0 aliphatic heterocycles. The molecule has 1 aliphatic rings. The number of non-ortho nitro benzene ring substituents is 1. The summed E-state index contributed by atoms with van der Waals surface area (Å²) in [7, 11) is -2.81. The number of sulfonamides is 1. The van der Waals surface area contributed by atoms with Crippen molar-refractivity contribution in [3.63, 3.8) is 0 Å². The summed E-state index contributed by atoms with van der Waals surface area (Å²) in [5.41, 5.74) is 0.302. The third kappa shape index (κ3) is 7.89. The van der Waals surface area contributed by atoms with Crippen molar-refractivity contribution in [3.05, 3.63) is 94.5 Å². The zero-order valence-electron chi connectivity index (χ0n) is 24.2. The first kappa shape index (κ1) is 31.5. The van der Waals surface area contributed by atoms with Crippen molar-refractivity contribution in [1.82, 2.24) is 10.2 Å². The molecule has 1 aliphatic carbocycles. The largest absolute Gasteiger partial charge is 0.497 e. The molecule has 1 unspecified atom stereocenters. The molecule has 0 aromatic heterocycles. The number of nitro benzene ring substituents is 1. The second kappa shape index (κ2) is 14.1. The molecule has 1 N–H and O–H groups in total. The van der Waals surface area contributed by atoms with Gasteiger partial charge in [-0.3, -0.25) is 24.0 Å². The maximum absolute atomic E-state index is 14.1. The van der Waals surface area contributed by atoms with Gasteiger partial charge in [-0.1, -0.05) is 55.7 Å². The molecule has 0 saturated heterocycles. The van der Waals surface area contributed by atoms with Crippen LogP contribution in [0, 0.1) is 10.1 Å². The van der Waals surface area contributed by atoms with E-state index >= 15 is 0 Å². The highest BCUT2D eigenvalue weighted by Gasteiger charge is 2.33. The Morgan fingerprint density at radius 2 is 1.70 bits per heavy atom. The molecule has 0 bridgehead atoms. The van der Waals surface area contributed by atoms with E-state index in [0.717, 1.165) is 42.5 Å². The van der Waals surface area contributed by atoms with Crippen LogP contribution in [-0.2, 0) is 26.2 Å². The van der Waals surface area contributed by atoms with Crippen LogP contribution in [0.1, 0.15) is 44.6 Å². The lowest BCUT2D eigenvalue weighted by atomic mass is 9.95. The van der Waals surface area contributed by atoms with E-state index in [9.17, 15) is 28.1 Å². The predicted molar refractivity (Wildman–Crippen MR) is 162 cm³/mol. The van der Waals surface area contributed by atoms with Gasteiger partial charge in [0.15, 0.2) is 0 Å². The molecule has 1 atom stereocenters. The van der Waals surface area contributed by atoms with E-state index in [1.165, 1.54) is 42.3 Å². The van der Waals surface area contributed by atoms with Crippen molar-refractivity contribution in [3.8, 4) is 5.75 Å². The minimum atomic E-state index is -4.33. The Bertz CT molecular complexity index is 1540. The maximum atomic E-state index is 14.1. The quantitative estimate of drug-likeness (QED) is 0.233. The van der Waals surface area contributed by atoms with Gasteiger partial charge >= 0.3 is 0 Å². The first-order valence-electron chi connectivity index (χ1n) is 14.1. The monoisotopic (exact) mass is 608 g/mol. The average molecular weight is 609 g/mol. The van der Waals surface area contributed by atoms with Gasteiger partial charge < -0.3 is 15.0 Å². The summed E-state index contributed by atoms with van der Waals surface area (Å²) >= 11 is 0. The second-order valence-electron chi connectivity index (χ2n) is 10.5. The number of amides is 2. The van der Waals surface area contributed by atoms with Crippen molar-refractivity contribution < 1.29 is 27.7 Å². The van der Waals surface area contributed by atoms with Crippen LogP contribution in [0.3, 0.4) is 0 Å².